The lowest BCUT2D eigenvalue weighted by atomic mass is 10.1. The second-order valence-electron chi connectivity index (χ2n) is 6.94. The van der Waals surface area contributed by atoms with Crippen molar-refractivity contribution in [1.82, 2.24) is 10.2 Å². The van der Waals surface area contributed by atoms with Crippen LogP contribution in [0.1, 0.15) is 30.0 Å². The van der Waals surface area contributed by atoms with Gasteiger partial charge in [-0.3, -0.25) is 9.69 Å². The summed E-state index contributed by atoms with van der Waals surface area (Å²) >= 11 is 0. The molecule has 1 heterocycles. The molecule has 2 aromatic carbocycles. The summed E-state index contributed by atoms with van der Waals surface area (Å²) in [6, 6.07) is 16.0. The molecule has 2 aromatic rings. The van der Waals surface area contributed by atoms with Gasteiger partial charge in [0.15, 0.2) is 6.61 Å². The zero-order chi connectivity index (χ0) is 19.1. The van der Waals surface area contributed by atoms with E-state index >= 15 is 0 Å². The van der Waals surface area contributed by atoms with Gasteiger partial charge in [-0.2, -0.15) is 0 Å². The highest BCUT2D eigenvalue weighted by Crippen LogP contribution is 2.26. The quantitative estimate of drug-likeness (QED) is 0.776. The molecule has 1 fully saturated rings. The molecule has 5 nitrogen and oxygen atoms in total. The van der Waals surface area contributed by atoms with Gasteiger partial charge in [0.2, 0.25) is 0 Å². The minimum atomic E-state index is -0.103. The first-order chi connectivity index (χ1) is 13.2. The number of carbonyl (C=O) groups is 1. The van der Waals surface area contributed by atoms with Gasteiger partial charge < -0.3 is 14.8 Å². The van der Waals surface area contributed by atoms with E-state index in [9.17, 15) is 4.79 Å². The standard InChI is InChI=1S/C22H28N2O3/c1-17-6-5-7-20(14-17)27-16-22(25)23-15-21(24-12-3-4-13-24)18-8-10-19(26-2)11-9-18/h5-11,14,21H,3-4,12-13,15-16H2,1-2H3,(H,23,25)/t21-/m1/s1. The molecule has 1 aliphatic heterocycles. The van der Waals surface area contributed by atoms with Crippen molar-refractivity contribution in [3.8, 4) is 11.5 Å². The van der Waals surface area contributed by atoms with E-state index in [4.69, 9.17) is 9.47 Å². The number of nitrogens with one attached hydrogen (secondary N) is 1. The fourth-order valence-corrected chi connectivity index (χ4v) is 3.45. The van der Waals surface area contributed by atoms with E-state index in [2.05, 4.69) is 22.3 Å². The maximum absolute atomic E-state index is 12.3. The number of carbonyl (C=O) groups excluding carboxylic acids is 1. The second kappa shape index (κ2) is 9.42. The van der Waals surface area contributed by atoms with Crippen molar-refractivity contribution in [2.24, 2.45) is 0 Å². The molecule has 0 bridgehead atoms. The van der Waals surface area contributed by atoms with Gasteiger partial charge in [0, 0.05) is 6.54 Å². The SMILES string of the molecule is COc1ccc([C@@H](CNC(=O)COc2cccc(C)c2)N2CCCC2)cc1. The zero-order valence-electron chi connectivity index (χ0n) is 16.1. The molecule has 1 N–H and O–H groups in total. The number of methoxy groups -OCH3 is 1. The number of hydrogen-bond acceptors (Lipinski definition) is 4. The molecular formula is C22H28N2O3. The molecule has 5 heteroatoms. The van der Waals surface area contributed by atoms with E-state index in [1.54, 1.807) is 7.11 Å². The molecule has 0 aliphatic carbocycles. The number of likely N-dealkylation sites (tertiary alicyclic amines) is 1. The first-order valence-electron chi connectivity index (χ1n) is 9.50. The van der Waals surface area contributed by atoms with Crippen molar-refractivity contribution in [3.63, 3.8) is 0 Å². The Balaban J connectivity index is 1.57. The number of rotatable bonds is 8. The molecule has 144 valence electrons. The third kappa shape index (κ3) is 5.47. The monoisotopic (exact) mass is 368 g/mol. The van der Waals surface area contributed by atoms with Crippen LogP contribution in [-0.4, -0.2) is 44.2 Å². The minimum absolute atomic E-state index is 0.0266. The summed E-state index contributed by atoms with van der Waals surface area (Å²) < 4.78 is 10.9. The first kappa shape index (κ1) is 19.2. The van der Waals surface area contributed by atoms with Crippen LogP contribution in [0.15, 0.2) is 48.5 Å². The van der Waals surface area contributed by atoms with Crippen LogP contribution in [0, 0.1) is 6.92 Å². The fraction of sp³-hybridized carbons (Fsp3) is 0.409. The van der Waals surface area contributed by atoms with Crippen LogP contribution in [0.4, 0.5) is 0 Å². The van der Waals surface area contributed by atoms with Crippen LogP contribution in [0.2, 0.25) is 0 Å². The summed E-state index contributed by atoms with van der Waals surface area (Å²) in [7, 11) is 1.67. The largest absolute Gasteiger partial charge is 0.497 e. The summed E-state index contributed by atoms with van der Waals surface area (Å²) in [4.78, 5) is 14.7. The Labute approximate surface area is 161 Å². The molecule has 27 heavy (non-hydrogen) atoms. The van der Waals surface area contributed by atoms with Crippen molar-refractivity contribution in [3.05, 3.63) is 59.7 Å². The molecule has 0 radical (unpaired) electrons. The summed E-state index contributed by atoms with van der Waals surface area (Å²) in [5.41, 5.74) is 2.30. The molecule has 0 saturated carbocycles. The van der Waals surface area contributed by atoms with Gasteiger partial charge in [-0.15, -0.1) is 0 Å². The highest BCUT2D eigenvalue weighted by atomic mass is 16.5. The van der Waals surface area contributed by atoms with E-state index in [-0.39, 0.29) is 18.6 Å². The summed E-state index contributed by atoms with van der Waals surface area (Å²) in [5.74, 6) is 1.46. The van der Waals surface area contributed by atoms with Crippen molar-refractivity contribution in [1.29, 1.82) is 0 Å². The molecule has 1 atom stereocenters. The smallest absolute Gasteiger partial charge is 0.258 e. The predicted molar refractivity (Wildman–Crippen MR) is 106 cm³/mol. The average Bonchev–Trinajstić information content (AvgIpc) is 3.21. The van der Waals surface area contributed by atoms with Gasteiger partial charge in [-0.1, -0.05) is 24.3 Å². The molecule has 1 aliphatic rings. The Kier molecular flexibility index (Phi) is 6.71. The van der Waals surface area contributed by atoms with Gasteiger partial charge in [0.25, 0.3) is 5.91 Å². The predicted octanol–water partition coefficient (Wildman–Crippen LogP) is 3.34. The maximum atomic E-state index is 12.3. The first-order valence-corrected chi connectivity index (χ1v) is 9.50. The second-order valence-corrected chi connectivity index (χ2v) is 6.94. The Morgan fingerprint density at radius 3 is 2.52 bits per heavy atom. The van der Waals surface area contributed by atoms with Gasteiger partial charge in [-0.25, -0.2) is 0 Å². The number of ether oxygens (including phenoxy) is 2. The number of amides is 1. The van der Waals surface area contributed by atoms with E-state index in [1.807, 2.05) is 43.3 Å². The molecule has 1 saturated heterocycles. The van der Waals surface area contributed by atoms with E-state index in [1.165, 1.54) is 18.4 Å². The summed E-state index contributed by atoms with van der Waals surface area (Å²) in [6.45, 7) is 4.72. The number of benzene rings is 2. The van der Waals surface area contributed by atoms with Crippen LogP contribution >= 0.6 is 0 Å². The van der Waals surface area contributed by atoms with Crippen molar-refractivity contribution >= 4 is 5.91 Å². The lowest BCUT2D eigenvalue weighted by Gasteiger charge is -2.28. The number of aryl methyl sites for hydroxylation is 1. The van der Waals surface area contributed by atoms with Crippen molar-refractivity contribution in [2.45, 2.75) is 25.8 Å². The topological polar surface area (TPSA) is 50.8 Å². The molecule has 0 spiro atoms. The summed E-state index contributed by atoms with van der Waals surface area (Å²) in [5, 5.41) is 3.03. The van der Waals surface area contributed by atoms with Gasteiger partial charge in [-0.05, 0) is 68.2 Å². The average molecular weight is 368 g/mol. The normalized spacial score (nSPS) is 15.3. The lowest BCUT2D eigenvalue weighted by Crippen LogP contribution is -2.38. The molecule has 3 rings (SSSR count). The zero-order valence-corrected chi connectivity index (χ0v) is 16.1. The Morgan fingerprint density at radius 1 is 1.11 bits per heavy atom. The van der Waals surface area contributed by atoms with Crippen LogP contribution in [0.25, 0.3) is 0 Å². The van der Waals surface area contributed by atoms with Crippen LogP contribution < -0.4 is 14.8 Å². The fourth-order valence-electron chi connectivity index (χ4n) is 3.45. The van der Waals surface area contributed by atoms with E-state index < -0.39 is 0 Å². The lowest BCUT2D eigenvalue weighted by molar-refractivity contribution is -0.123. The molecule has 0 aromatic heterocycles. The maximum Gasteiger partial charge on any atom is 0.258 e. The highest BCUT2D eigenvalue weighted by Gasteiger charge is 2.24. The van der Waals surface area contributed by atoms with Gasteiger partial charge in [0.1, 0.15) is 11.5 Å². The van der Waals surface area contributed by atoms with Crippen LogP contribution in [0.3, 0.4) is 0 Å². The van der Waals surface area contributed by atoms with E-state index in [0.29, 0.717) is 6.54 Å². The third-order valence-electron chi connectivity index (χ3n) is 4.93. The van der Waals surface area contributed by atoms with Gasteiger partial charge in [0.05, 0.1) is 13.2 Å². The van der Waals surface area contributed by atoms with Crippen molar-refractivity contribution < 1.29 is 14.3 Å². The van der Waals surface area contributed by atoms with Crippen LogP contribution in [0.5, 0.6) is 11.5 Å². The summed E-state index contributed by atoms with van der Waals surface area (Å²) in [6.07, 6.45) is 2.41. The number of hydrogen-bond donors (Lipinski definition) is 1. The Bertz CT molecular complexity index is 739. The Morgan fingerprint density at radius 2 is 1.85 bits per heavy atom. The highest BCUT2D eigenvalue weighted by molar-refractivity contribution is 5.77. The number of nitrogens with zero attached hydrogens (tertiary/aromatic N) is 1. The Hall–Kier alpha value is -2.53. The minimum Gasteiger partial charge on any atom is -0.497 e. The van der Waals surface area contributed by atoms with Crippen LogP contribution in [-0.2, 0) is 4.79 Å². The molecule has 1 amide bonds. The van der Waals surface area contributed by atoms with Gasteiger partial charge >= 0.3 is 0 Å². The van der Waals surface area contributed by atoms with E-state index in [0.717, 1.165) is 30.2 Å². The van der Waals surface area contributed by atoms with Crippen molar-refractivity contribution in [2.75, 3.05) is 33.4 Å². The third-order valence-corrected chi connectivity index (χ3v) is 4.93. The molecule has 0 unspecified atom stereocenters. The molecular weight excluding hydrogens is 340 g/mol.